The number of rotatable bonds is 10. The molecule has 0 atom stereocenters. The standard InChI is InChI=1S/C15H33NO2Si/c1-4-12-17-19(14-6-3,18-13-5-2)16-15-10-8-7-9-11-15/h15-16H,4-14H2,1-3H3. The number of nitrogens with one attached hydrogen (secondary N) is 1. The van der Waals surface area contributed by atoms with Crippen LogP contribution >= 0.6 is 0 Å². The Morgan fingerprint density at radius 2 is 1.47 bits per heavy atom. The van der Waals surface area contributed by atoms with Crippen molar-refractivity contribution in [1.82, 2.24) is 4.98 Å². The molecule has 1 aliphatic carbocycles. The summed E-state index contributed by atoms with van der Waals surface area (Å²) in [4.78, 5) is 3.83. The number of hydrogen-bond donors (Lipinski definition) is 1. The van der Waals surface area contributed by atoms with Crippen LogP contribution in [0.1, 0.15) is 72.1 Å². The third-order valence-corrected chi connectivity index (χ3v) is 7.03. The molecule has 0 bridgehead atoms. The van der Waals surface area contributed by atoms with E-state index < -0.39 is 8.72 Å². The molecule has 0 radical (unpaired) electrons. The van der Waals surface area contributed by atoms with Crippen LogP contribution in [0.25, 0.3) is 0 Å². The van der Waals surface area contributed by atoms with Crippen LogP contribution in [0.4, 0.5) is 0 Å². The van der Waals surface area contributed by atoms with E-state index in [1.165, 1.54) is 32.1 Å². The van der Waals surface area contributed by atoms with E-state index in [-0.39, 0.29) is 0 Å². The summed E-state index contributed by atoms with van der Waals surface area (Å²) in [5.41, 5.74) is 0. The monoisotopic (exact) mass is 287 g/mol. The fourth-order valence-corrected chi connectivity index (χ4v) is 6.08. The summed E-state index contributed by atoms with van der Waals surface area (Å²) in [7, 11) is -2.17. The van der Waals surface area contributed by atoms with Crippen molar-refractivity contribution in [2.24, 2.45) is 0 Å². The van der Waals surface area contributed by atoms with Gasteiger partial charge in [-0.3, -0.25) is 4.98 Å². The van der Waals surface area contributed by atoms with Gasteiger partial charge < -0.3 is 8.85 Å². The predicted octanol–water partition coefficient (Wildman–Crippen LogP) is 4.11. The number of hydrogen-bond acceptors (Lipinski definition) is 3. The predicted molar refractivity (Wildman–Crippen MR) is 83.3 cm³/mol. The van der Waals surface area contributed by atoms with Gasteiger partial charge in [-0.15, -0.1) is 0 Å². The molecule has 0 aliphatic heterocycles. The second kappa shape index (κ2) is 9.92. The highest BCUT2D eigenvalue weighted by atomic mass is 28.4. The van der Waals surface area contributed by atoms with Gasteiger partial charge in [0, 0.05) is 25.3 Å². The van der Waals surface area contributed by atoms with Crippen molar-refractivity contribution < 1.29 is 8.85 Å². The topological polar surface area (TPSA) is 30.5 Å². The van der Waals surface area contributed by atoms with Crippen molar-refractivity contribution in [3.63, 3.8) is 0 Å². The van der Waals surface area contributed by atoms with Crippen molar-refractivity contribution in [2.45, 2.75) is 84.2 Å². The van der Waals surface area contributed by atoms with Crippen LogP contribution in [-0.2, 0) is 8.85 Å². The molecule has 1 rings (SSSR count). The Hall–Kier alpha value is 0.0969. The zero-order valence-corrected chi connectivity index (χ0v) is 14.2. The zero-order chi connectivity index (χ0) is 14.0. The molecule has 3 nitrogen and oxygen atoms in total. The van der Waals surface area contributed by atoms with Crippen LogP contribution < -0.4 is 4.98 Å². The molecule has 19 heavy (non-hydrogen) atoms. The minimum absolute atomic E-state index is 0.626. The van der Waals surface area contributed by atoms with Gasteiger partial charge in [0.1, 0.15) is 0 Å². The highest BCUT2D eigenvalue weighted by molar-refractivity contribution is 6.64. The molecule has 1 fully saturated rings. The first-order valence-electron chi connectivity index (χ1n) is 8.32. The minimum Gasteiger partial charge on any atom is -0.383 e. The Morgan fingerprint density at radius 1 is 0.895 bits per heavy atom. The van der Waals surface area contributed by atoms with E-state index in [1.54, 1.807) is 0 Å². The summed E-state index contributed by atoms with van der Waals surface area (Å²) in [5, 5.41) is 0. The van der Waals surface area contributed by atoms with E-state index in [4.69, 9.17) is 8.85 Å². The fourth-order valence-electron chi connectivity index (χ4n) is 2.76. The molecule has 1 N–H and O–H groups in total. The summed E-state index contributed by atoms with van der Waals surface area (Å²) < 4.78 is 12.5. The highest BCUT2D eigenvalue weighted by Crippen LogP contribution is 2.22. The third-order valence-electron chi connectivity index (χ3n) is 3.69. The van der Waals surface area contributed by atoms with Gasteiger partial charge in [0.05, 0.1) is 0 Å². The van der Waals surface area contributed by atoms with Gasteiger partial charge in [-0.05, 0) is 25.7 Å². The molecule has 1 aliphatic rings. The quantitative estimate of drug-likeness (QED) is 0.613. The Labute approximate surface area is 120 Å². The Balaban J connectivity index is 2.61. The molecular weight excluding hydrogens is 254 g/mol. The largest absolute Gasteiger partial charge is 0.425 e. The van der Waals surface area contributed by atoms with E-state index in [2.05, 4.69) is 25.8 Å². The van der Waals surface area contributed by atoms with Gasteiger partial charge >= 0.3 is 8.72 Å². The van der Waals surface area contributed by atoms with Crippen LogP contribution in [0.3, 0.4) is 0 Å². The van der Waals surface area contributed by atoms with Crippen molar-refractivity contribution in [1.29, 1.82) is 0 Å². The fraction of sp³-hybridized carbons (Fsp3) is 1.00. The average molecular weight is 288 g/mol. The molecule has 0 aromatic heterocycles. The van der Waals surface area contributed by atoms with Gasteiger partial charge in [0.25, 0.3) is 0 Å². The van der Waals surface area contributed by atoms with Gasteiger partial charge in [0.2, 0.25) is 0 Å². The lowest BCUT2D eigenvalue weighted by molar-refractivity contribution is 0.148. The van der Waals surface area contributed by atoms with E-state index in [1.807, 2.05) is 0 Å². The molecular formula is C15H33NO2Si. The Bertz CT molecular complexity index is 212. The van der Waals surface area contributed by atoms with Gasteiger partial charge in [0.15, 0.2) is 0 Å². The lowest BCUT2D eigenvalue weighted by Crippen LogP contribution is -2.60. The van der Waals surface area contributed by atoms with Gasteiger partial charge in [-0.2, -0.15) is 0 Å². The molecule has 0 saturated heterocycles. The van der Waals surface area contributed by atoms with Crippen molar-refractivity contribution >= 4 is 8.72 Å². The normalized spacial score (nSPS) is 17.8. The average Bonchev–Trinajstić information content (AvgIpc) is 2.44. The summed E-state index contributed by atoms with van der Waals surface area (Å²) in [6.07, 6.45) is 9.98. The smallest absolute Gasteiger partial charge is 0.383 e. The summed E-state index contributed by atoms with van der Waals surface area (Å²) in [6.45, 7) is 8.23. The molecule has 0 aromatic carbocycles. The Morgan fingerprint density at radius 3 is 1.95 bits per heavy atom. The Kier molecular flexibility index (Phi) is 8.95. The molecule has 1 saturated carbocycles. The van der Waals surface area contributed by atoms with E-state index in [0.717, 1.165) is 38.5 Å². The summed E-state index contributed by atoms with van der Waals surface area (Å²) in [6, 6.07) is 1.70. The lowest BCUT2D eigenvalue weighted by Gasteiger charge is -2.36. The molecule has 114 valence electrons. The van der Waals surface area contributed by atoms with Crippen LogP contribution in [0.5, 0.6) is 0 Å². The first-order chi connectivity index (χ1) is 9.26. The molecule has 0 spiro atoms. The van der Waals surface area contributed by atoms with E-state index in [0.29, 0.717) is 6.04 Å². The van der Waals surface area contributed by atoms with Crippen LogP contribution in [0.2, 0.25) is 6.04 Å². The maximum atomic E-state index is 6.23. The first kappa shape index (κ1) is 17.1. The van der Waals surface area contributed by atoms with Crippen LogP contribution in [-0.4, -0.2) is 28.0 Å². The van der Waals surface area contributed by atoms with Crippen molar-refractivity contribution in [3.8, 4) is 0 Å². The van der Waals surface area contributed by atoms with E-state index in [9.17, 15) is 0 Å². The first-order valence-corrected chi connectivity index (χ1v) is 10.3. The molecule has 0 unspecified atom stereocenters. The lowest BCUT2D eigenvalue weighted by atomic mass is 9.96. The van der Waals surface area contributed by atoms with E-state index >= 15 is 0 Å². The molecule has 0 amide bonds. The minimum atomic E-state index is -2.17. The maximum Gasteiger partial charge on any atom is 0.425 e. The second-order valence-electron chi connectivity index (χ2n) is 5.68. The van der Waals surface area contributed by atoms with Crippen LogP contribution in [0.15, 0.2) is 0 Å². The third kappa shape index (κ3) is 6.39. The maximum absolute atomic E-state index is 6.23. The molecule has 0 aromatic rings. The zero-order valence-electron chi connectivity index (χ0n) is 13.2. The van der Waals surface area contributed by atoms with Crippen molar-refractivity contribution in [2.75, 3.05) is 13.2 Å². The molecule has 4 heteroatoms. The highest BCUT2D eigenvalue weighted by Gasteiger charge is 2.39. The van der Waals surface area contributed by atoms with Gasteiger partial charge in [-0.25, -0.2) is 0 Å². The van der Waals surface area contributed by atoms with Crippen molar-refractivity contribution in [3.05, 3.63) is 0 Å². The van der Waals surface area contributed by atoms with Crippen LogP contribution in [0, 0.1) is 0 Å². The summed E-state index contributed by atoms with van der Waals surface area (Å²) >= 11 is 0. The SMILES string of the molecule is CCCO[Si](CCC)(NC1CCCCC1)OCCC. The summed E-state index contributed by atoms with van der Waals surface area (Å²) in [5.74, 6) is 0. The molecule has 0 heterocycles. The van der Waals surface area contributed by atoms with Gasteiger partial charge in [-0.1, -0.05) is 46.5 Å². The second-order valence-corrected chi connectivity index (χ2v) is 8.55.